The molecule has 0 spiro atoms. The summed E-state index contributed by atoms with van der Waals surface area (Å²) in [6, 6.07) is 0. The molecule has 0 aliphatic rings. The molecule has 0 fully saturated rings. The van der Waals surface area contributed by atoms with Crippen molar-refractivity contribution in [2.45, 2.75) is 181 Å². The molecule has 1 nitrogen and oxygen atoms in total. The average Bonchev–Trinajstić information content (AvgIpc) is 3.03. The van der Waals surface area contributed by atoms with Crippen LogP contribution >= 0.6 is 21.6 Å². The summed E-state index contributed by atoms with van der Waals surface area (Å²) in [5, 5.41) is 0. The molecule has 270 valence electrons. The minimum Gasteiger partial charge on any atom is -0.330 e. The molecule has 46 heavy (non-hydrogen) atoms. The van der Waals surface area contributed by atoms with E-state index >= 15 is 0 Å². The second-order valence-corrected chi connectivity index (χ2v) is 17.4. The fourth-order valence-corrected chi connectivity index (χ4v) is 8.47. The maximum Gasteiger partial charge on any atom is 0.0880 e. The molecule has 0 aliphatic heterocycles. The first-order valence-corrected chi connectivity index (χ1v) is 22.6. The lowest BCUT2D eigenvalue weighted by Gasteiger charge is -2.23. The van der Waals surface area contributed by atoms with E-state index < -0.39 is 0 Å². The summed E-state index contributed by atoms with van der Waals surface area (Å²) in [5.74, 6) is 3.57. The molecule has 0 N–H and O–H groups in total. The first-order valence-electron chi connectivity index (χ1n) is 20.1. The van der Waals surface area contributed by atoms with Gasteiger partial charge in [-0.15, -0.1) is 0 Å². The van der Waals surface area contributed by atoms with E-state index in [0.717, 1.165) is 23.2 Å². The van der Waals surface area contributed by atoms with E-state index in [2.05, 4.69) is 105 Å². The minimum absolute atomic E-state index is 0.929. The Morgan fingerprint density at radius 3 is 1.20 bits per heavy atom. The molecule has 0 amide bonds. The van der Waals surface area contributed by atoms with Crippen LogP contribution in [0.15, 0.2) is 48.6 Å². The van der Waals surface area contributed by atoms with Gasteiger partial charge in [0, 0.05) is 5.75 Å². The van der Waals surface area contributed by atoms with Gasteiger partial charge in [0.2, 0.25) is 0 Å². The van der Waals surface area contributed by atoms with Crippen molar-refractivity contribution in [2.24, 2.45) is 5.92 Å². The van der Waals surface area contributed by atoms with Crippen LogP contribution in [-0.2, 0) is 0 Å². The Hall–Kier alpha value is -0.380. The van der Waals surface area contributed by atoms with E-state index in [1.165, 1.54) is 172 Å². The van der Waals surface area contributed by atoms with Gasteiger partial charge < -0.3 is 4.48 Å². The van der Waals surface area contributed by atoms with E-state index in [9.17, 15) is 0 Å². The van der Waals surface area contributed by atoms with Crippen LogP contribution < -0.4 is 0 Å². The van der Waals surface area contributed by atoms with Crippen molar-refractivity contribution in [1.82, 2.24) is 0 Å². The summed E-state index contributed by atoms with van der Waals surface area (Å²) in [6.45, 7) is 5.82. The highest BCUT2D eigenvalue weighted by Gasteiger charge is 2.11. The van der Waals surface area contributed by atoms with Gasteiger partial charge in [-0.05, 0) is 83.0 Å². The first-order chi connectivity index (χ1) is 22.5. The van der Waals surface area contributed by atoms with Crippen LogP contribution in [0.25, 0.3) is 0 Å². The molecule has 0 atom stereocenters. The van der Waals surface area contributed by atoms with Gasteiger partial charge in [-0.1, -0.05) is 174 Å². The standard InChI is InChI=1S/C43H82NS2/c1-6-8-10-12-14-16-18-20-22-24-26-28-30-32-34-36-38-43(42-46-45-41-40-44(3,4)5)39-37-35-33-31-29-27-25-23-21-19-17-15-13-11-9-7-2/h14-17,20-23,43H,6-13,18-19,24-42H2,1-5H3/q+1/b16-14-,17-15-,22-20-,23-21-. The van der Waals surface area contributed by atoms with Gasteiger partial charge in [-0.2, -0.15) is 0 Å². The Morgan fingerprint density at radius 2 is 0.804 bits per heavy atom. The number of hydrogen-bond acceptors (Lipinski definition) is 2. The van der Waals surface area contributed by atoms with Crippen LogP contribution in [0.3, 0.4) is 0 Å². The van der Waals surface area contributed by atoms with Gasteiger partial charge in [0.1, 0.15) is 0 Å². The van der Waals surface area contributed by atoms with Crippen LogP contribution in [0.5, 0.6) is 0 Å². The molecule has 3 heteroatoms. The van der Waals surface area contributed by atoms with Gasteiger partial charge >= 0.3 is 0 Å². The molecule has 0 radical (unpaired) electrons. The molecule has 0 aliphatic carbocycles. The van der Waals surface area contributed by atoms with Crippen molar-refractivity contribution in [1.29, 1.82) is 0 Å². The summed E-state index contributed by atoms with van der Waals surface area (Å²) in [4.78, 5) is 0. The van der Waals surface area contributed by atoms with Gasteiger partial charge in [-0.3, -0.25) is 0 Å². The van der Waals surface area contributed by atoms with Crippen molar-refractivity contribution in [3.05, 3.63) is 48.6 Å². The molecule has 0 saturated heterocycles. The SMILES string of the molecule is CCCCC/C=C\C/C=C\CCCCCCCCC(CCCCCCCC/C=C\C/C=C\CCCCC)CSSCC[N+](C)(C)C. The summed E-state index contributed by atoms with van der Waals surface area (Å²) in [5.41, 5.74) is 0. The summed E-state index contributed by atoms with van der Waals surface area (Å²) < 4.78 is 1.08. The Balaban J connectivity index is 3.95. The second kappa shape index (κ2) is 37.4. The lowest BCUT2D eigenvalue weighted by atomic mass is 9.95. The number of allylic oxidation sites excluding steroid dienone is 8. The summed E-state index contributed by atoms with van der Waals surface area (Å²) in [7, 11) is 11.2. The third-order valence-electron chi connectivity index (χ3n) is 8.86. The molecule has 0 saturated carbocycles. The zero-order valence-electron chi connectivity index (χ0n) is 32.0. The molecule has 0 bridgehead atoms. The van der Waals surface area contributed by atoms with Gasteiger partial charge in [-0.25, -0.2) is 0 Å². The Morgan fingerprint density at radius 1 is 0.435 bits per heavy atom. The van der Waals surface area contributed by atoms with Crippen LogP contribution in [0, 0.1) is 5.92 Å². The Kier molecular flexibility index (Phi) is 37.1. The topological polar surface area (TPSA) is 0 Å². The number of quaternary nitrogens is 1. The van der Waals surface area contributed by atoms with E-state index in [0.29, 0.717) is 0 Å². The number of unbranched alkanes of at least 4 members (excludes halogenated alkanes) is 18. The largest absolute Gasteiger partial charge is 0.330 e. The maximum absolute atomic E-state index is 2.41. The highest BCUT2D eigenvalue weighted by Crippen LogP contribution is 2.29. The van der Waals surface area contributed by atoms with Crippen molar-refractivity contribution in [2.75, 3.05) is 39.2 Å². The van der Waals surface area contributed by atoms with Gasteiger partial charge in [0.25, 0.3) is 0 Å². The number of rotatable bonds is 36. The molecule has 0 aromatic heterocycles. The van der Waals surface area contributed by atoms with Crippen LogP contribution in [0.2, 0.25) is 0 Å². The maximum atomic E-state index is 2.41. The van der Waals surface area contributed by atoms with Gasteiger partial charge in [0.05, 0.1) is 33.4 Å². The third-order valence-corrected chi connectivity index (χ3v) is 11.4. The molecule has 0 unspecified atom stereocenters. The molecular weight excluding hydrogens is 595 g/mol. The van der Waals surface area contributed by atoms with E-state index in [1.54, 1.807) is 0 Å². The summed E-state index contributed by atoms with van der Waals surface area (Å²) >= 11 is 0. The fourth-order valence-electron chi connectivity index (χ4n) is 5.67. The fraction of sp³-hybridized carbons (Fsp3) is 0.814. The van der Waals surface area contributed by atoms with Crippen LogP contribution in [-0.4, -0.2) is 43.7 Å². The lowest BCUT2D eigenvalue weighted by molar-refractivity contribution is -0.867. The van der Waals surface area contributed by atoms with Crippen LogP contribution in [0.4, 0.5) is 0 Å². The molecule has 0 heterocycles. The zero-order valence-corrected chi connectivity index (χ0v) is 33.6. The van der Waals surface area contributed by atoms with Crippen molar-refractivity contribution >= 4 is 21.6 Å². The predicted molar refractivity (Wildman–Crippen MR) is 219 cm³/mol. The average molecular weight is 677 g/mol. The normalized spacial score (nSPS) is 12.8. The van der Waals surface area contributed by atoms with E-state index in [-0.39, 0.29) is 0 Å². The lowest BCUT2D eigenvalue weighted by Crippen LogP contribution is -2.36. The van der Waals surface area contributed by atoms with Crippen LogP contribution in [0.1, 0.15) is 181 Å². The Labute approximate surface area is 299 Å². The monoisotopic (exact) mass is 677 g/mol. The van der Waals surface area contributed by atoms with E-state index in [4.69, 9.17) is 0 Å². The third kappa shape index (κ3) is 39.8. The molecule has 0 aromatic carbocycles. The number of nitrogens with zero attached hydrogens (tertiary/aromatic N) is 1. The molecular formula is C43H82NS2+. The smallest absolute Gasteiger partial charge is 0.0880 e. The van der Waals surface area contributed by atoms with Crippen molar-refractivity contribution in [3.8, 4) is 0 Å². The molecule has 0 rings (SSSR count). The highest BCUT2D eigenvalue weighted by molar-refractivity contribution is 8.76. The van der Waals surface area contributed by atoms with E-state index in [1.807, 2.05) is 0 Å². The second-order valence-electron chi connectivity index (χ2n) is 14.7. The van der Waals surface area contributed by atoms with Gasteiger partial charge in [0.15, 0.2) is 0 Å². The van der Waals surface area contributed by atoms with Crippen molar-refractivity contribution < 1.29 is 4.48 Å². The Bertz CT molecular complexity index is 654. The molecule has 0 aromatic rings. The zero-order chi connectivity index (χ0) is 33.7. The predicted octanol–water partition coefficient (Wildman–Crippen LogP) is 15.1. The quantitative estimate of drug-likeness (QED) is 0.0280. The van der Waals surface area contributed by atoms with Crippen molar-refractivity contribution in [3.63, 3.8) is 0 Å². The number of hydrogen-bond donors (Lipinski definition) is 0. The summed E-state index contributed by atoms with van der Waals surface area (Å²) in [6.07, 6.45) is 54.3. The minimum atomic E-state index is 0.929. The first kappa shape index (κ1) is 45.6. The highest BCUT2D eigenvalue weighted by atomic mass is 33.1.